The summed E-state index contributed by atoms with van der Waals surface area (Å²) in [7, 11) is -9.39. The molecular weight excluding hydrogens is 1390 g/mol. The number of hydrogen-bond acceptors (Lipinski definition) is 15. The molecule has 21 nitrogen and oxygen atoms in total. The second kappa shape index (κ2) is 77.6. The predicted octanol–water partition coefficient (Wildman–Crippen LogP) is 22.0. The molecule has 0 radical (unpaired) electrons. The fourth-order valence-corrected chi connectivity index (χ4v) is 14.2. The van der Waals surface area contributed by atoms with Crippen molar-refractivity contribution in [3.05, 3.63) is 12.3 Å². The van der Waals surface area contributed by atoms with E-state index in [1.165, 1.54) is 180 Å². The molecule has 4 amide bonds. The minimum Gasteiger partial charge on any atom is -0.495 e. The van der Waals surface area contributed by atoms with Gasteiger partial charge >= 0.3 is 27.6 Å². The lowest BCUT2D eigenvalue weighted by molar-refractivity contribution is -0.150. The average Bonchev–Trinajstić information content (AvgIpc) is 0.922. The summed E-state index contributed by atoms with van der Waals surface area (Å²) >= 11 is 0. The molecule has 0 spiro atoms. The lowest BCUT2D eigenvalue weighted by atomic mass is 10.1. The maximum absolute atomic E-state index is 13.3. The average molecular weight is 1550 g/mol. The van der Waals surface area contributed by atoms with Gasteiger partial charge in [0.05, 0.1) is 70.7 Å². The summed E-state index contributed by atoms with van der Waals surface area (Å²) in [5, 5.41) is 10.8. The van der Waals surface area contributed by atoms with Crippen molar-refractivity contribution in [3.8, 4) is 0 Å². The highest BCUT2D eigenvalue weighted by atomic mass is 31.2. The molecule has 0 aromatic rings. The van der Waals surface area contributed by atoms with Crippen molar-refractivity contribution in [1.29, 1.82) is 0 Å². The Morgan fingerprint density at radius 1 is 0.321 bits per heavy atom. The van der Waals surface area contributed by atoms with Gasteiger partial charge in [-0.15, -0.1) is 0 Å². The minimum atomic E-state index is -4.71. The van der Waals surface area contributed by atoms with E-state index in [-0.39, 0.29) is 75.9 Å². The van der Waals surface area contributed by atoms with Gasteiger partial charge in [0.1, 0.15) is 12.2 Å². The van der Waals surface area contributed by atoms with Crippen LogP contribution in [0.1, 0.15) is 395 Å². The zero-order valence-corrected chi connectivity index (χ0v) is 70.6. The van der Waals surface area contributed by atoms with E-state index in [4.69, 9.17) is 41.8 Å². The molecule has 628 valence electrons. The fraction of sp³-hybridized carbons (Fsp3) is 0.928. The first-order chi connectivity index (χ1) is 51.5. The number of amides is 4. The van der Waals surface area contributed by atoms with Crippen molar-refractivity contribution in [2.75, 3.05) is 79.2 Å². The summed E-state index contributed by atoms with van der Waals surface area (Å²) in [6.07, 6.45) is 58.2. The fourth-order valence-electron chi connectivity index (χ4n) is 12.7. The van der Waals surface area contributed by atoms with Crippen LogP contribution in [0.15, 0.2) is 12.3 Å². The Morgan fingerprint density at radius 3 is 1.02 bits per heavy atom. The molecule has 0 aliphatic rings. The quantitative estimate of drug-likeness (QED) is 0.0143. The van der Waals surface area contributed by atoms with Crippen molar-refractivity contribution in [2.24, 2.45) is 0 Å². The molecular formula is C83H164N4O17P2. The summed E-state index contributed by atoms with van der Waals surface area (Å²) in [5.41, 5.74) is 0. The number of ether oxygens (including phenoxy) is 5. The predicted molar refractivity (Wildman–Crippen MR) is 433 cm³/mol. The third kappa shape index (κ3) is 74.1. The van der Waals surface area contributed by atoms with Crippen LogP contribution < -0.4 is 21.3 Å². The smallest absolute Gasteiger partial charge is 0.472 e. The molecule has 2 unspecified atom stereocenters. The normalized spacial score (nSPS) is 13.9. The number of phosphoric acid groups is 2. The minimum absolute atomic E-state index is 0.0288. The van der Waals surface area contributed by atoms with Gasteiger partial charge < -0.3 is 54.7 Å². The Hall–Kier alpha value is -2.68. The first-order valence-corrected chi connectivity index (χ1v) is 46.6. The summed E-state index contributed by atoms with van der Waals surface area (Å²) in [6.45, 7) is 17.1. The van der Waals surface area contributed by atoms with Crippen LogP contribution in [0.2, 0.25) is 0 Å². The maximum atomic E-state index is 13.3. The van der Waals surface area contributed by atoms with E-state index in [1.54, 1.807) is 0 Å². The van der Waals surface area contributed by atoms with Crippen molar-refractivity contribution in [1.82, 2.24) is 21.3 Å². The van der Waals surface area contributed by atoms with Crippen LogP contribution in [-0.4, -0.2) is 137 Å². The molecule has 0 rings (SSSR count). The zero-order chi connectivity index (χ0) is 77.8. The molecule has 0 saturated carbocycles. The van der Waals surface area contributed by atoms with E-state index in [2.05, 4.69) is 69.4 Å². The SMILES string of the molecule is C=C(CCCCCCCCCCC)O[C@H](CCCCCCC)CCOC[C@H](COP(=O)(O)OCCNC(=O)NCCOP(=O)(O)OC[C@H](COCC[C@@H](CCCCCCC)OC(=O)CCCCCCCCCCC)NC(=O)CCCOCCCCCCCCC)NC(=O)CCCCCCCCCCCCC. The van der Waals surface area contributed by atoms with Crippen molar-refractivity contribution in [3.63, 3.8) is 0 Å². The monoisotopic (exact) mass is 1550 g/mol. The number of carbonyl (C=O) groups is 4. The highest BCUT2D eigenvalue weighted by molar-refractivity contribution is 7.47. The van der Waals surface area contributed by atoms with E-state index < -0.39 is 53.6 Å². The van der Waals surface area contributed by atoms with Gasteiger partial charge in [0.25, 0.3) is 0 Å². The van der Waals surface area contributed by atoms with Crippen molar-refractivity contribution in [2.45, 2.75) is 419 Å². The van der Waals surface area contributed by atoms with Gasteiger partial charge in [-0.1, -0.05) is 305 Å². The Morgan fingerprint density at radius 2 is 0.632 bits per heavy atom. The molecule has 0 aromatic heterocycles. The standard InChI is InChI=1S/C83H164N4O17P2/c1-8-14-20-26-30-33-34-37-39-45-51-58-80(88)86-76(71-97-67-61-78(56-49-42-24-18-12-5)103-75(7)55-48-44-38-35-31-27-21-15-9-2)73-101-105(92,93)99-69-63-84-83(91)85-64-70-100-106(94,95)102-74-77(87-81(89)59-54-66-96-65-53-47-41-29-23-17-11-4)72-98-68-62-79(57-50-43-25-19-13-6)104-82(90)60-52-46-40-36-32-28-22-16-10-3/h76-79H,7-74H2,1-6H3,(H,86,88)(H,87,89)(H,92,93)(H,94,95)(H2,84,85,91)/t76-,77+,78-,79-/m1/s1. The second-order valence-electron chi connectivity index (χ2n) is 29.7. The van der Waals surface area contributed by atoms with Crippen LogP contribution in [0.25, 0.3) is 0 Å². The van der Waals surface area contributed by atoms with Crippen LogP contribution in [-0.2, 0) is 65.3 Å². The number of esters is 1. The summed E-state index contributed by atoms with van der Waals surface area (Å²) < 4.78 is 78.0. The van der Waals surface area contributed by atoms with Crippen LogP contribution in [0, 0.1) is 0 Å². The molecule has 0 fully saturated rings. The third-order valence-electron chi connectivity index (χ3n) is 19.2. The topological polar surface area (TPSA) is 274 Å². The van der Waals surface area contributed by atoms with Gasteiger partial charge in [-0.05, 0) is 57.8 Å². The number of urea groups is 1. The summed E-state index contributed by atoms with van der Waals surface area (Å²) in [4.78, 5) is 73.8. The van der Waals surface area contributed by atoms with Crippen LogP contribution in [0.3, 0.4) is 0 Å². The Labute approximate surface area is 648 Å². The number of rotatable bonds is 85. The lowest BCUT2D eigenvalue weighted by Crippen LogP contribution is -2.41. The third-order valence-corrected chi connectivity index (χ3v) is 21.2. The number of carbonyl (C=O) groups excluding carboxylic acids is 4. The van der Waals surface area contributed by atoms with E-state index in [9.17, 15) is 38.1 Å². The zero-order valence-electron chi connectivity index (χ0n) is 68.8. The Kier molecular flexibility index (Phi) is 75.7. The molecule has 6 atom stereocenters. The number of unbranched alkanes of at least 4 members (excludes halogenated alkanes) is 40. The molecule has 0 aliphatic heterocycles. The lowest BCUT2D eigenvalue weighted by Gasteiger charge is -2.23. The summed E-state index contributed by atoms with van der Waals surface area (Å²) in [5.74, 6) is 0.101. The number of allylic oxidation sites excluding steroid dienone is 1. The van der Waals surface area contributed by atoms with Crippen LogP contribution >= 0.6 is 15.6 Å². The highest BCUT2D eigenvalue weighted by Crippen LogP contribution is 2.44. The Bertz CT molecular complexity index is 1960. The first-order valence-electron chi connectivity index (χ1n) is 43.6. The maximum Gasteiger partial charge on any atom is 0.472 e. The van der Waals surface area contributed by atoms with E-state index >= 15 is 0 Å². The molecule has 23 heteroatoms. The molecule has 0 aliphatic carbocycles. The second-order valence-corrected chi connectivity index (χ2v) is 32.6. The van der Waals surface area contributed by atoms with E-state index in [0.717, 1.165) is 141 Å². The largest absolute Gasteiger partial charge is 0.495 e. The summed E-state index contributed by atoms with van der Waals surface area (Å²) in [6, 6.07) is -2.31. The number of phosphoric ester groups is 2. The Balaban J connectivity index is 5.56. The van der Waals surface area contributed by atoms with E-state index in [0.29, 0.717) is 51.9 Å². The van der Waals surface area contributed by atoms with Gasteiger partial charge in [0.15, 0.2) is 0 Å². The van der Waals surface area contributed by atoms with Gasteiger partial charge in [-0.3, -0.25) is 32.5 Å². The van der Waals surface area contributed by atoms with Gasteiger partial charge in [0.2, 0.25) is 11.8 Å². The van der Waals surface area contributed by atoms with Gasteiger partial charge in [-0.2, -0.15) is 0 Å². The molecule has 106 heavy (non-hydrogen) atoms. The van der Waals surface area contributed by atoms with E-state index in [1.807, 2.05) is 0 Å². The first kappa shape index (κ1) is 103. The highest BCUT2D eigenvalue weighted by Gasteiger charge is 2.27. The molecule has 0 aromatic carbocycles. The number of nitrogens with one attached hydrogen (secondary N) is 4. The van der Waals surface area contributed by atoms with Crippen LogP contribution in [0.4, 0.5) is 4.79 Å². The molecule has 0 heterocycles. The number of hydrogen-bond donors (Lipinski definition) is 6. The van der Waals surface area contributed by atoms with Crippen LogP contribution in [0.5, 0.6) is 0 Å². The van der Waals surface area contributed by atoms with Gasteiger partial charge in [0, 0.05) is 64.8 Å². The molecule has 6 N–H and O–H groups in total. The molecule has 0 bridgehead atoms. The van der Waals surface area contributed by atoms with Gasteiger partial charge in [-0.25, -0.2) is 13.9 Å². The van der Waals surface area contributed by atoms with Crippen molar-refractivity contribution < 1.29 is 79.9 Å². The van der Waals surface area contributed by atoms with Crippen molar-refractivity contribution >= 4 is 39.5 Å². The molecule has 0 saturated heterocycles.